The van der Waals surface area contributed by atoms with Crippen LogP contribution in [-0.2, 0) is 57.0 Å². The molecule has 12 rings (SSSR count). The maximum absolute atomic E-state index is 12.8. The van der Waals surface area contributed by atoms with Crippen LogP contribution >= 0.6 is 0 Å². The van der Waals surface area contributed by atoms with Crippen molar-refractivity contribution < 1.29 is 71.4 Å². The molecule has 81 heavy (non-hydrogen) atoms. The Labute approximate surface area is 486 Å². The highest BCUT2D eigenvalue weighted by Crippen LogP contribution is 2.63. The van der Waals surface area contributed by atoms with Crippen molar-refractivity contribution in [2.75, 3.05) is 0 Å². The summed E-state index contributed by atoms with van der Waals surface area (Å²) in [5, 5.41) is 0. The highest BCUT2D eigenvalue weighted by Gasteiger charge is 2.65. The van der Waals surface area contributed by atoms with Crippen LogP contribution in [0.4, 0.5) is 14.4 Å². The van der Waals surface area contributed by atoms with Crippen LogP contribution in [0.3, 0.4) is 0 Å². The van der Waals surface area contributed by atoms with E-state index < -0.39 is 85.1 Å². The second-order valence-electron chi connectivity index (χ2n) is 32.0. The number of hydrogen-bond acceptors (Lipinski definition) is 15. The summed E-state index contributed by atoms with van der Waals surface area (Å²) in [5.74, 6) is 2.34. The molecule has 0 heterocycles. The van der Waals surface area contributed by atoms with Crippen molar-refractivity contribution in [2.24, 2.45) is 51.8 Å². The van der Waals surface area contributed by atoms with E-state index in [0.717, 1.165) is 135 Å². The number of carbonyl (C=O) groups excluding carboxylic acids is 6. The fraction of sp³-hybridized carbons (Fsp3) is 0.909. The van der Waals surface area contributed by atoms with Gasteiger partial charge in [0.1, 0.15) is 50.4 Å². The van der Waals surface area contributed by atoms with Crippen molar-refractivity contribution in [3.8, 4) is 0 Å². The Morgan fingerprint density at radius 3 is 0.790 bits per heavy atom. The van der Waals surface area contributed by atoms with E-state index in [9.17, 15) is 28.8 Å². The molecule has 0 N–H and O–H groups in total. The minimum Gasteiger partial charge on any atom is -0.458 e. The number of hydrogen-bond donors (Lipinski definition) is 0. The minimum atomic E-state index is -0.602. The largest absolute Gasteiger partial charge is 0.509 e. The average Bonchev–Trinajstić information content (AvgIpc) is 3.07. The fourth-order valence-electron chi connectivity index (χ4n) is 16.5. The lowest BCUT2D eigenvalue weighted by atomic mass is 9.52. The van der Waals surface area contributed by atoms with Gasteiger partial charge in [0.25, 0.3) is 0 Å². The van der Waals surface area contributed by atoms with Crippen molar-refractivity contribution in [3.63, 3.8) is 0 Å². The predicted octanol–water partition coefficient (Wildman–Crippen LogP) is 16.2. The molecule has 12 bridgehead atoms. The summed E-state index contributed by atoms with van der Waals surface area (Å²) in [4.78, 5) is 75.7. The Kier molecular flexibility index (Phi) is 18.3. The highest BCUT2D eigenvalue weighted by molar-refractivity contribution is 5.77. The summed E-state index contributed by atoms with van der Waals surface area (Å²) in [6.45, 7) is 34.9. The fourth-order valence-corrected chi connectivity index (χ4v) is 16.5. The molecule has 12 aliphatic rings. The molecule has 462 valence electrons. The maximum atomic E-state index is 12.8. The zero-order valence-electron chi connectivity index (χ0n) is 53.6. The van der Waals surface area contributed by atoms with Crippen LogP contribution in [0.1, 0.15) is 279 Å². The molecule has 0 saturated heterocycles. The topological polar surface area (TPSA) is 185 Å². The smallest absolute Gasteiger partial charge is 0.458 e. The molecule has 15 heteroatoms. The Bertz CT molecular complexity index is 2270. The Morgan fingerprint density at radius 1 is 0.333 bits per heavy atom. The van der Waals surface area contributed by atoms with Gasteiger partial charge in [-0.1, -0.05) is 41.0 Å². The summed E-state index contributed by atoms with van der Waals surface area (Å²) in [6.07, 6.45) is 18.8. The molecule has 0 amide bonds. The van der Waals surface area contributed by atoms with Crippen LogP contribution in [0.2, 0.25) is 0 Å². The van der Waals surface area contributed by atoms with Crippen molar-refractivity contribution in [1.82, 2.24) is 0 Å². The zero-order chi connectivity index (χ0) is 60.3. The van der Waals surface area contributed by atoms with Gasteiger partial charge >= 0.3 is 36.4 Å². The monoisotopic (exact) mass is 1140 g/mol. The first-order valence-corrected chi connectivity index (χ1v) is 31.7. The lowest BCUT2D eigenvalue weighted by Crippen LogP contribution is -2.62. The second kappa shape index (κ2) is 22.9. The molecule has 0 radical (unpaired) electrons. The quantitative estimate of drug-likeness (QED) is 0.0988. The molecule has 0 aromatic heterocycles. The number of esters is 3. The van der Waals surface area contributed by atoms with Gasteiger partial charge < -0.3 is 42.6 Å². The first-order valence-electron chi connectivity index (χ1n) is 31.7. The first-order chi connectivity index (χ1) is 37.2. The summed E-state index contributed by atoms with van der Waals surface area (Å²) in [5.41, 5.74) is -6.14. The van der Waals surface area contributed by atoms with Gasteiger partial charge in [-0.25, -0.2) is 14.4 Å². The van der Waals surface area contributed by atoms with E-state index in [2.05, 4.69) is 6.92 Å². The average molecular weight is 1140 g/mol. The van der Waals surface area contributed by atoms with E-state index in [-0.39, 0.29) is 17.9 Å². The van der Waals surface area contributed by atoms with E-state index in [1.807, 2.05) is 118 Å². The standard InChI is InChI=1S/C23H38O5.C22H36O5.C21H34O5/c1-7-9-21(5,6)27-19(25)28-23-13-16-10-17(14-23)12-22(11-16,15-23)26-18(24)20(3,4)8-2;1-7-19(3,4)17(23)25-21-10-15-9-16(11-21)13-22(12-15,14-21)27-18(24)26-20(5,6)8-2;1-7-19(5,6)16(22)24-20-9-14-8-15(10-20)12-21(11-14,13-20)26-17(23)25-18(2,3)4/h16-17H,7-15H2,1-6H3;15-16H,7-14H2,1-6H3;14-15H,7-13H2,1-6H3. The molecule has 15 nitrogen and oxygen atoms in total. The van der Waals surface area contributed by atoms with Crippen LogP contribution in [0, 0.1) is 51.8 Å². The Balaban J connectivity index is 0.000000175. The maximum Gasteiger partial charge on any atom is 0.509 e. The SMILES string of the molecule is CCC(C)(C)C(=O)OC12CC3CC(CC(OC(=O)OC(C)(C)C)(C3)C1)C2.CCC(C)(C)OC(=O)OC12CC3CC(C1)CC(OC(=O)C(C)(C)CC)(C3)C2.CCCC(C)(C)OC(=O)OC12CC3CC(C1)CC(OC(=O)C(C)(C)CC)(C3)C2. The van der Waals surface area contributed by atoms with E-state index >= 15 is 0 Å². The van der Waals surface area contributed by atoms with Gasteiger partial charge in [0, 0.05) is 19.3 Å². The number of rotatable bonds is 17. The minimum absolute atomic E-state index is 0.126. The summed E-state index contributed by atoms with van der Waals surface area (Å²) < 4.78 is 52.9. The molecule has 0 aliphatic heterocycles. The molecule has 12 fully saturated rings. The lowest BCUT2D eigenvalue weighted by Gasteiger charge is -2.60. The Hall–Kier alpha value is -3.78. The molecule has 0 aromatic rings. The van der Waals surface area contributed by atoms with Gasteiger partial charge in [-0.3, -0.25) is 14.4 Å². The third-order valence-corrected chi connectivity index (χ3v) is 20.8. The summed E-state index contributed by atoms with van der Waals surface area (Å²) >= 11 is 0. The van der Waals surface area contributed by atoms with E-state index in [1.165, 1.54) is 0 Å². The number of ether oxygens (including phenoxy) is 9. The van der Waals surface area contributed by atoms with Crippen molar-refractivity contribution in [2.45, 2.75) is 329 Å². The first kappa shape index (κ1) is 64.8. The second-order valence-corrected chi connectivity index (χ2v) is 32.0. The van der Waals surface area contributed by atoms with Crippen LogP contribution in [0.5, 0.6) is 0 Å². The Morgan fingerprint density at radius 2 is 0.568 bits per heavy atom. The third kappa shape index (κ3) is 15.4. The van der Waals surface area contributed by atoms with Gasteiger partial charge in [0.05, 0.1) is 16.2 Å². The molecule has 6 unspecified atom stereocenters. The summed E-state index contributed by atoms with van der Waals surface area (Å²) in [6, 6.07) is 0. The molecule has 6 atom stereocenters. The lowest BCUT2D eigenvalue weighted by molar-refractivity contribution is -0.231. The third-order valence-electron chi connectivity index (χ3n) is 20.8. The normalized spacial score (nSPS) is 35.0. The molecule has 0 aromatic carbocycles. The highest BCUT2D eigenvalue weighted by atomic mass is 16.8. The van der Waals surface area contributed by atoms with E-state index in [4.69, 9.17) is 42.6 Å². The van der Waals surface area contributed by atoms with E-state index in [1.54, 1.807) is 0 Å². The predicted molar refractivity (Wildman–Crippen MR) is 307 cm³/mol. The van der Waals surface area contributed by atoms with Crippen LogP contribution in [-0.4, -0.2) is 86.8 Å². The molecular formula is C66H108O15. The van der Waals surface area contributed by atoms with Crippen molar-refractivity contribution in [3.05, 3.63) is 0 Å². The van der Waals surface area contributed by atoms with E-state index in [0.29, 0.717) is 54.8 Å². The van der Waals surface area contributed by atoms with Crippen molar-refractivity contribution >= 4 is 36.4 Å². The number of carbonyl (C=O) groups is 6. The molecule has 0 spiro atoms. The molecule has 12 aliphatic carbocycles. The molecule has 12 saturated carbocycles. The van der Waals surface area contributed by atoms with Crippen molar-refractivity contribution in [1.29, 1.82) is 0 Å². The van der Waals surface area contributed by atoms with Gasteiger partial charge in [0.2, 0.25) is 0 Å². The van der Waals surface area contributed by atoms with Crippen LogP contribution in [0.15, 0.2) is 0 Å². The zero-order valence-corrected chi connectivity index (χ0v) is 53.6. The van der Waals surface area contributed by atoms with Gasteiger partial charge in [-0.15, -0.1) is 0 Å². The summed E-state index contributed by atoms with van der Waals surface area (Å²) in [7, 11) is 0. The molecular weight excluding hydrogens is 1030 g/mol. The van der Waals surface area contributed by atoms with Gasteiger partial charge in [-0.05, 0) is 254 Å². The van der Waals surface area contributed by atoms with Gasteiger partial charge in [-0.2, -0.15) is 0 Å². The van der Waals surface area contributed by atoms with Crippen LogP contribution in [0.25, 0.3) is 0 Å². The van der Waals surface area contributed by atoms with Crippen LogP contribution < -0.4 is 0 Å². The van der Waals surface area contributed by atoms with Gasteiger partial charge in [0.15, 0.2) is 0 Å².